The van der Waals surface area contributed by atoms with Crippen molar-refractivity contribution in [3.05, 3.63) is 29.7 Å². The molecule has 2 nitrogen and oxygen atoms in total. The number of hydrogen-bond acceptors (Lipinski definition) is 1. The normalized spacial score (nSPS) is 11.1. The van der Waals surface area contributed by atoms with Crippen LogP contribution < -0.4 is 21.5 Å². The Labute approximate surface area is 112 Å². The lowest BCUT2D eigenvalue weighted by molar-refractivity contribution is -0.670. The zero-order chi connectivity index (χ0) is 12.6. The van der Waals surface area contributed by atoms with E-state index in [0.29, 0.717) is 17.0 Å². The van der Waals surface area contributed by atoms with Crippen molar-refractivity contribution in [2.45, 2.75) is 19.6 Å². The molecule has 2 rings (SSSR count). The zero-order valence-electron chi connectivity index (χ0n) is 9.38. The van der Waals surface area contributed by atoms with Crippen molar-refractivity contribution >= 4 is 11.1 Å². The molecule has 0 saturated heterocycles. The molecular formula is C12H9BrF3NO. The van der Waals surface area contributed by atoms with Crippen molar-refractivity contribution in [2.24, 2.45) is 0 Å². The Kier molecular flexibility index (Phi) is 4.07. The third-order valence-corrected chi connectivity index (χ3v) is 2.46. The Morgan fingerprint density at radius 2 is 2.06 bits per heavy atom. The first-order chi connectivity index (χ1) is 7.93. The first kappa shape index (κ1) is 14.6. The SMILES string of the molecule is C#CC[n+]1c(C)oc2ccc(C(F)(F)F)cc21.[Br-]. The zero-order valence-corrected chi connectivity index (χ0v) is 11.0. The van der Waals surface area contributed by atoms with E-state index in [1.165, 1.54) is 10.6 Å². The highest BCUT2D eigenvalue weighted by atomic mass is 79.9. The van der Waals surface area contributed by atoms with Gasteiger partial charge >= 0.3 is 12.1 Å². The Morgan fingerprint density at radius 3 is 2.61 bits per heavy atom. The summed E-state index contributed by atoms with van der Waals surface area (Å²) < 4.78 is 44.5. The first-order valence-corrected chi connectivity index (χ1v) is 4.87. The first-order valence-electron chi connectivity index (χ1n) is 4.87. The number of fused-ring (bicyclic) bond motifs is 1. The van der Waals surface area contributed by atoms with Crippen molar-refractivity contribution < 1.29 is 39.1 Å². The summed E-state index contributed by atoms with van der Waals surface area (Å²) in [6.07, 6.45) is 0.801. The van der Waals surface area contributed by atoms with E-state index in [1.807, 2.05) is 0 Å². The van der Waals surface area contributed by atoms with Gasteiger partial charge in [-0.25, -0.2) is 0 Å². The number of hydrogen-bond donors (Lipinski definition) is 0. The Hall–Kier alpha value is -1.48. The minimum absolute atomic E-state index is 0. The molecule has 0 saturated carbocycles. The van der Waals surface area contributed by atoms with E-state index in [9.17, 15) is 13.2 Å². The number of alkyl halides is 3. The second-order valence-electron chi connectivity index (χ2n) is 3.59. The lowest BCUT2D eigenvalue weighted by atomic mass is 10.2. The van der Waals surface area contributed by atoms with Crippen LogP contribution in [0.2, 0.25) is 0 Å². The van der Waals surface area contributed by atoms with Crippen LogP contribution in [-0.2, 0) is 12.7 Å². The van der Waals surface area contributed by atoms with Gasteiger partial charge in [0.05, 0.1) is 12.5 Å². The number of terminal acetylenes is 1. The predicted octanol–water partition coefficient (Wildman–Crippen LogP) is -0.315. The van der Waals surface area contributed by atoms with Gasteiger partial charge < -0.3 is 21.4 Å². The Balaban J connectivity index is 0.00000162. The van der Waals surface area contributed by atoms with Gasteiger partial charge in [-0.1, -0.05) is 0 Å². The van der Waals surface area contributed by atoms with E-state index in [0.717, 1.165) is 12.1 Å². The van der Waals surface area contributed by atoms with E-state index in [-0.39, 0.29) is 23.5 Å². The molecule has 1 aromatic carbocycles. The van der Waals surface area contributed by atoms with Crippen LogP contribution in [0.15, 0.2) is 22.6 Å². The quantitative estimate of drug-likeness (QED) is 0.520. The summed E-state index contributed by atoms with van der Waals surface area (Å²) in [5, 5.41) is 0. The molecule has 0 atom stereocenters. The number of rotatable bonds is 1. The van der Waals surface area contributed by atoms with Crippen molar-refractivity contribution in [3.63, 3.8) is 0 Å². The van der Waals surface area contributed by atoms with Gasteiger partial charge in [0.2, 0.25) is 12.1 Å². The van der Waals surface area contributed by atoms with Crippen molar-refractivity contribution in [1.82, 2.24) is 0 Å². The van der Waals surface area contributed by atoms with Crippen molar-refractivity contribution in [2.75, 3.05) is 0 Å². The minimum atomic E-state index is -4.37. The lowest BCUT2D eigenvalue weighted by Crippen LogP contribution is -3.00. The lowest BCUT2D eigenvalue weighted by Gasteiger charge is -2.04. The standard InChI is InChI=1S/C12H9F3NO.BrH/c1-3-6-16-8(2)17-11-5-4-9(7-10(11)16)12(13,14)15;/h1,4-5,7H,6H2,2H3;1H/q+1;/p-1. The molecule has 0 radical (unpaired) electrons. The topological polar surface area (TPSA) is 17.0 Å². The van der Waals surface area contributed by atoms with Crippen LogP contribution in [0, 0.1) is 19.3 Å². The molecule has 0 aliphatic rings. The van der Waals surface area contributed by atoms with Gasteiger partial charge in [0.1, 0.15) is 0 Å². The molecule has 0 aliphatic carbocycles. The van der Waals surface area contributed by atoms with Gasteiger partial charge in [0.25, 0.3) is 5.52 Å². The number of aryl methyl sites for hydroxylation is 1. The molecule has 18 heavy (non-hydrogen) atoms. The van der Waals surface area contributed by atoms with Crippen LogP contribution in [0.4, 0.5) is 13.2 Å². The highest BCUT2D eigenvalue weighted by molar-refractivity contribution is 5.70. The molecule has 0 spiro atoms. The van der Waals surface area contributed by atoms with Crippen LogP contribution in [0.3, 0.4) is 0 Å². The molecule has 1 heterocycles. The summed E-state index contributed by atoms with van der Waals surface area (Å²) in [7, 11) is 0. The molecule has 0 aliphatic heterocycles. The summed E-state index contributed by atoms with van der Waals surface area (Å²) in [6, 6.07) is 3.34. The summed E-state index contributed by atoms with van der Waals surface area (Å²) >= 11 is 0. The van der Waals surface area contributed by atoms with E-state index in [1.54, 1.807) is 6.92 Å². The molecule has 1 aromatic heterocycles. The summed E-state index contributed by atoms with van der Waals surface area (Å²) in [4.78, 5) is 0. The maximum absolute atomic E-state index is 12.6. The van der Waals surface area contributed by atoms with Crippen LogP contribution >= 0.6 is 0 Å². The molecule has 6 heteroatoms. The summed E-state index contributed by atoms with van der Waals surface area (Å²) in [6.45, 7) is 1.84. The number of aromatic nitrogens is 1. The molecule has 0 N–H and O–H groups in total. The van der Waals surface area contributed by atoms with Crippen LogP contribution in [-0.4, -0.2) is 0 Å². The number of nitrogens with zero attached hydrogens (tertiary/aromatic N) is 1. The van der Waals surface area contributed by atoms with Gasteiger partial charge in [0.15, 0.2) is 0 Å². The maximum atomic E-state index is 12.6. The van der Waals surface area contributed by atoms with Gasteiger partial charge in [0, 0.05) is 6.07 Å². The minimum Gasteiger partial charge on any atom is -1.00 e. The fourth-order valence-corrected chi connectivity index (χ4v) is 1.66. The van der Waals surface area contributed by atoms with Crippen LogP contribution in [0.25, 0.3) is 11.1 Å². The molecular weight excluding hydrogens is 311 g/mol. The predicted molar refractivity (Wildman–Crippen MR) is 55.0 cm³/mol. The van der Waals surface area contributed by atoms with E-state index in [2.05, 4.69) is 5.92 Å². The molecule has 0 amide bonds. The fraction of sp³-hybridized carbons (Fsp3) is 0.250. The highest BCUT2D eigenvalue weighted by Crippen LogP contribution is 2.31. The van der Waals surface area contributed by atoms with E-state index < -0.39 is 11.7 Å². The highest BCUT2D eigenvalue weighted by Gasteiger charge is 2.32. The second kappa shape index (κ2) is 5.02. The molecule has 96 valence electrons. The van der Waals surface area contributed by atoms with E-state index >= 15 is 0 Å². The van der Waals surface area contributed by atoms with E-state index in [4.69, 9.17) is 10.8 Å². The average Bonchev–Trinajstić information content (AvgIpc) is 2.54. The van der Waals surface area contributed by atoms with Gasteiger partial charge in [-0.2, -0.15) is 13.2 Å². The summed E-state index contributed by atoms with van der Waals surface area (Å²) in [5.41, 5.74) is 0.0394. The number of oxazole rings is 1. The fourth-order valence-electron chi connectivity index (χ4n) is 1.66. The van der Waals surface area contributed by atoms with Gasteiger partial charge in [-0.05, 0) is 18.1 Å². The third kappa shape index (κ3) is 2.51. The van der Waals surface area contributed by atoms with Gasteiger partial charge in [-0.15, -0.1) is 11.0 Å². The number of halogens is 4. The smallest absolute Gasteiger partial charge is 0.416 e. The molecule has 0 unspecified atom stereocenters. The monoisotopic (exact) mass is 319 g/mol. The van der Waals surface area contributed by atoms with Crippen LogP contribution in [0.1, 0.15) is 11.5 Å². The maximum Gasteiger partial charge on any atom is 0.416 e. The Bertz CT molecular complexity index is 610. The Morgan fingerprint density at radius 1 is 1.39 bits per heavy atom. The molecule has 0 bridgehead atoms. The number of benzene rings is 1. The molecule has 2 aromatic rings. The van der Waals surface area contributed by atoms with Crippen molar-refractivity contribution in [1.29, 1.82) is 0 Å². The average molecular weight is 320 g/mol. The largest absolute Gasteiger partial charge is 1.00 e. The van der Waals surface area contributed by atoms with Crippen molar-refractivity contribution in [3.8, 4) is 12.3 Å². The summed E-state index contributed by atoms with van der Waals surface area (Å²) in [5.74, 6) is 2.87. The van der Waals surface area contributed by atoms with Crippen LogP contribution in [0.5, 0.6) is 0 Å². The van der Waals surface area contributed by atoms with Gasteiger partial charge in [-0.3, -0.25) is 0 Å². The molecule has 0 fully saturated rings. The second-order valence-corrected chi connectivity index (χ2v) is 3.59. The third-order valence-electron chi connectivity index (χ3n) is 2.46.